The third-order valence-corrected chi connectivity index (χ3v) is 4.16. The highest BCUT2D eigenvalue weighted by atomic mass is 19.1. The number of hydrogen-bond donors (Lipinski definition) is 2. The molecule has 0 spiro atoms. The summed E-state index contributed by atoms with van der Waals surface area (Å²) in [6.45, 7) is 0.673. The lowest BCUT2D eigenvalue weighted by Gasteiger charge is -2.10. The number of halogens is 1. The normalized spacial score (nSPS) is 10.4. The SMILES string of the molecule is COc1ccccc1CCNC(=O)c1ccnc(NCc2ccccc2F)n1. The first kappa shape index (κ1) is 19.3. The van der Waals surface area contributed by atoms with E-state index in [1.807, 2.05) is 24.3 Å². The van der Waals surface area contributed by atoms with Gasteiger partial charge < -0.3 is 15.4 Å². The summed E-state index contributed by atoms with van der Waals surface area (Å²) in [5.74, 6) is 0.450. The number of anilines is 1. The number of carbonyl (C=O) groups is 1. The number of aromatic nitrogens is 2. The summed E-state index contributed by atoms with van der Waals surface area (Å²) in [6, 6.07) is 15.7. The summed E-state index contributed by atoms with van der Waals surface area (Å²) in [5.41, 5.74) is 1.75. The Kier molecular flexibility index (Phi) is 6.51. The first-order chi connectivity index (χ1) is 13.7. The van der Waals surface area contributed by atoms with Crippen LogP contribution in [-0.4, -0.2) is 29.5 Å². The maximum Gasteiger partial charge on any atom is 0.270 e. The summed E-state index contributed by atoms with van der Waals surface area (Å²) >= 11 is 0. The minimum absolute atomic E-state index is 0.228. The monoisotopic (exact) mass is 380 g/mol. The number of nitrogens with one attached hydrogen (secondary N) is 2. The van der Waals surface area contributed by atoms with Crippen molar-refractivity contribution in [3.05, 3.63) is 83.4 Å². The molecule has 7 heteroatoms. The van der Waals surface area contributed by atoms with Crippen LogP contribution >= 0.6 is 0 Å². The molecule has 2 N–H and O–H groups in total. The van der Waals surface area contributed by atoms with Crippen molar-refractivity contribution in [1.82, 2.24) is 15.3 Å². The first-order valence-corrected chi connectivity index (χ1v) is 8.88. The highest BCUT2D eigenvalue weighted by molar-refractivity contribution is 5.92. The van der Waals surface area contributed by atoms with Crippen LogP contribution in [0.15, 0.2) is 60.8 Å². The van der Waals surface area contributed by atoms with E-state index in [0.29, 0.717) is 18.5 Å². The Morgan fingerprint density at radius 3 is 2.61 bits per heavy atom. The summed E-state index contributed by atoms with van der Waals surface area (Å²) in [4.78, 5) is 20.6. The van der Waals surface area contributed by atoms with Crippen molar-refractivity contribution in [1.29, 1.82) is 0 Å². The summed E-state index contributed by atoms with van der Waals surface area (Å²) < 4.78 is 19.0. The summed E-state index contributed by atoms with van der Waals surface area (Å²) in [5, 5.41) is 5.77. The van der Waals surface area contributed by atoms with Gasteiger partial charge in [0.15, 0.2) is 0 Å². The summed E-state index contributed by atoms with van der Waals surface area (Å²) in [7, 11) is 1.62. The molecule has 0 aliphatic carbocycles. The fourth-order valence-corrected chi connectivity index (χ4v) is 2.70. The number of hydrogen-bond acceptors (Lipinski definition) is 5. The molecule has 0 radical (unpaired) electrons. The molecule has 6 nitrogen and oxygen atoms in total. The predicted molar refractivity (Wildman–Crippen MR) is 105 cm³/mol. The Hall–Kier alpha value is -3.48. The third kappa shape index (κ3) is 5.03. The van der Waals surface area contributed by atoms with Crippen molar-refractivity contribution in [2.45, 2.75) is 13.0 Å². The first-order valence-electron chi connectivity index (χ1n) is 8.88. The number of para-hydroxylation sites is 1. The summed E-state index contributed by atoms with van der Waals surface area (Å²) in [6.07, 6.45) is 2.13. The van der Waals surface area contributed by atoms with Crippen LogP contribution in [0, 0.1) is 5.82 Å². The zero-order chi connectivity index (χ0) is 19.8. The number of ether oxygens (including phenoxy) is 1. The average molecular weight is 380 g/mol. The zero-order valence-corrected chi connectivity index (χ0v) is 15.5. The van der Waals surface area contributed by atoms with Gasteiger partial charge in [-0.05, 0) is 30.2 Å². The van der Waals surface area contributed by atoms with Gasteiger partial charge in [0.05, 0.1) is 7.11 Å². The fourth-order valence-electron chi connectivity index (χ4n) is 2.70. The molecule has 0 saturated heterocycles. The molecule has 0 unspecified atom stereocenters. The van der Waals surface area contributed by atoms with Crippen molar-refractivity contribution < 1.29 is 13.9 Å². The van der Waals surface area contributed by atoms with E-state index >= 15 is 0 Å². The molecule has 1 heterocycles. The molecule has 0 bridgehead atoms. The van der Waals surface area contributed by atoms with Crippen molar-refractivity contribution in [2.24, 2.45) is 0 Å². The third-order valence-electron chi connectivity index (χ3n) is 4.16. The lowest BCUT2D eigenvalue weighted by Crippen LogP contribution is -2.27. The molecule has 3 aromatic rings. The number of amides is 1. The van der Waals surface area contributed by atoms with Crippen LogP contribution in [0.5, 0.6) is 5.75 Å². The van der Waals surface area contributed by atoms with Gasteiger partial charge in [0.1, 0.15) is 17.3 Å². The van der Waals surface area contributed by atoms with E-state index in [4.69, 9.17) is 4.74 Å². The molecule has 3 rings (SSSR count). The predicted octanol–water partition coefficient (Wildman–Crippen LogP) is 3.21. The van der Waals surface area contributed by atoms with Gasteiger partial charge in [-0.15, -0.1) is 0 Å². The molecule has 2 aromatic carbocycles. The molecule has 0 atom stereocenters. The van der Waals surface area contributed by atoms with Crippen molar-refractivity contribution in [3.63, 3.8) is 0 Å². The Morgan fingerprint density at radius 2 is 1.82 bits per heavy atom. The van der Waals surface area contributed by atoms with Crippen molar-refractivity contribution in [3.8, 4) is 5.75 Å². The van der Waals surface area contributed by atoms with Crippen LogP contribution in [0.2, 0.25) is 0 Å². The highest BCUT2D eigenvalue weighted by Crippen LogP contribution is 2.17. The molecule has 1 aromatic heterocycles. The van der Waals surface area contributed by atoms with Crippen LogP contribution in [0.4, 0.5) is 10.3 Å². The quantitative estimate of drug-likeness (QED) is 0.628. The number of methoxy groups -OCH3 is 1. The van der Waals surface area contributed by atoms with Crippen molar-refractivity contribution in [2.75, 3.05) is 19.0 Å². The Labute approximate surface area is 162 Å². The number of carbonyl (C=O) groups excluding carboxylic acids is 1. The van der Waals surface area contributed by atoms with Crippen LogP contribution in [-0.2, 0) is 13.0 Å². The van der Waals surface area contributed by atoms with Crippen LogP contribution in [0.25, 0.3) is 0 Å². The second kappa shape index (κ2) is 9.45. The molecule has 0 saturated carbocycles. The van der Waals surface area contributed by atoms with E-state index in [1.54, 1.807) is 25.3 Å². The molecule has 1 amide bonds. The molecular weight excluding hydrogens is 359 g/mol. The zero-order valence-electron chi connectivity index (χ0n) is 15.5. The van der Waals surface area contributed by atoms with E-state index in [0.717, 1.165) is 11.3 Å². The van der Waals surface area contributed by atoms with E-state index in [9.17, 15) is 9.18 Å². The van der Waals surface area contributed by atoms with E-state index in [1.165, 1.54) is 18.3 Å². The molecule has 28 heavy (non-hydrogen) atoms. The molecule has 0 aliphatic rings. The van der Waals surface area contributed by atoms with E-state index < -0.39 is 0 Å². The molecule has 0 fully saturated rings. The van der Waals surface area contributed by atoms with Gasteiger partial charge in [-0.1, -0.05) is 36.4 Å². The second-order valence-electron chi connectivity index (χ2n) is 6.03. The molecular formula is C21H21FN4O2. The van der Waals surface area contributed by atoms with Crippen LogP contribution < -0.4 is 15.4 Å². The second-order valence-corrected chi connectivity index (χ2v) is 6.03. The lowest BCUT2D eigenvalue weighted by molar-refractivity contribution is 0.0949. The van der Waals surface area contributed by atoms with Gasteiger partial charge in [0.2, 0.25) is 5.95 Å². The minimum Gasteiger partial charge on any atom is -0.496 e. The maximum absolute atomic E-state index is 13.7. The van der Waals surface area contributed by atoms with Crippen LogP contribution in [0.1, 0.15) is 21.6 Å². The van der Waals surface area contributed by atoms with E-state index in [2.05, 4.69) is 20.6 Å². The Balaban J connectivity index is 1.55. The largest absolute Gasteiger partial charge is 0.496 e. The van der Waals surface area contributed by atoms with Gasteiger partial charge in [0.25, 0.3) is 5.91 Å². The van der Waals surface area contributed by atoms with Gasteiger partial charge in [0, 0.05) is 24.8 Å². The molecule has 0 aliphatic heterocycles. The van der Waals surface area contributed by atoms with Gasteiger partial charge in [-0.2, -0.15) is 0 Å². The topological polar surface area (TPSA) is 76.1 Å². The van der Waals surface area contributed by atoms with Crippen LogP contribution in [0.3, 0.4) is 0 Å². The van der Waals surface area contributed by atoms with E-state index in [-0.39, 0.29) is 29.9 Å². The number of nitrogens with zero attached hydrogens (tertiary/aromatic N) is 2. The Bertz CT molecular complexity index is 949. The number of rotatable bonds is 8. The standard InChI is InChI=1S/C21H21FN4O2/c1-28-19-9-5-3-6-15(19)10-12-23-20(27)18-11-13-24-21(26-18)25-14-16-7-2-4-8-17(16)22/h2-9,11,13H,10,12,14H2,1H3,(H,23,27)(H,24,25,26). The minimum atomic E-state index is -0.305. The lowest BCUT2D eigenvalue weighted by atomic mass is 10.1. The maximum atomic E-state index is 13.7. The highest BCUT2D eigenvalue weighted by Gasteiger charge is 2.10. The average Bonchev–Trinajstić information content (AvgIpc) is 2.73. The molecule has 144 valence electrons. The smallest absolute Gasteiger partial charge is 0.270 e. The number of benzene rings is 2. The van der Waals surface area contributed by atoms with Gasteiger partial charge >= 0.3 is 0 Å². The van der Waals surface area contributed by atoms with Gasteiger partial charge in [-0.25, -0.2) is 14.4 Å². The van der Waals surface area contributed by atoms with Gasteiger partial charge in [-0.3, -0.25) is 4.79 Å². The Morgan fingerprint density at radius 1 is 1.07 bits per heavy atom. The van der Waals surface area contributed by atoms with Crippen molar-refractivity contribution >= 4 is 11.9 Å². The fraction of sp³-hybridized carbons (Fsp3) is 0.190.